The van der Waals surface area contributed by atoms with Crippen molar-refractivity contribution in [1.82, 2.24) is 10.2 Å². The summed E-state index contributed by atoms with van der Waals surface area (Å²) in [6.07, 6.45) is 1.14. The van der Waals surface area contributed by atoms with Crippen LogP contribution in [0, 0.1) is 0 Å². The smallest absolute Gasteiger partial charge is 0.119 e. The number of rotatable bonds is 6. The summed E-state index contributed by atoms with van der Waals surface area (Å²) in [7, 11) is 1.74. The van der Waals surface area contributed by atoms with Gasteiger partial charge in [0.05, 0.1) is 7.11 Å². The molecule has 3 heteroatoms. The zero-order valence-electron chi connectivity index (χ0n) is 12.6. The number of hydrogen-bond acceptors (Lipinski definition) is 3. The summed E-state index contributed by atoms with van der Waals surface area (Å²) in [5.41, 5.74) is 2.88. The Hall–Kier alpha value is -1.06. The zero-order valence-corrected chi connectivity index (χ0v) is 12.6. The van der Waals surface area contributed by atoms with Gasteiger partial charge in [0.25, 0.3) is 0 Å². The fourth-order valence-electron chi connectivity index (χ4n) is 3.22. The molecule has 0 heterocycles. The van der Waals surface area contributed by atoms with Gasteiger partial charge in [-0.3, -0.25) is 4.90 Å². The number of likely N-dealkylation sites (N-methyl/N-ethyl adjacent to an activating group) is 2. The average molecular weight is 262 g/mol. The molecule has 0 aromatic heterocycles. The standard InChI is InChI=1S/C16H26N2O/c1-5-17-16-14-11-13(19-4)9-8-12(14)10-15(16)18(6-2)7-3/h8-9,11,15-17H,5-7,10H2,1-4H3. The highest BCUT2D eigenvalue weighted by Gasteiger charge is 2.34. The maximum Gasteiger partial charge on any atom is 0.119 e. The van der Waals surface area contributed by atoms with Gasteiger partial charge >= 0.3 is 0 Å². The molecule has 2 unspecified atom stereocenters. The first kappa shape index (κ1) is 14.4. The monoisotopic (exact) mass is 262 g/mol. The van der Waals surface area contributed by atoms with Crippen LogP contribution in [0.4, 0.5) is 0 Å². The van der Waals surface area contributed by atoms with Crippen LogP contribution in [0.5, 0.6) is 5.75 Å². The number of benzene rings is 1. The van der Waals surface area contributed by atoms with Crippen molar-refractivity contribution in [3.8, 4) is 5.75 Å². The van der Waals surface area contributed by atoms with Gasteiger partial charge in [0, 0.05) is 12.1 Å². The minimum Gasteiger partial charge on any atom is -0.497 e. The van der Waals surface area contributed by atoms with Gasteiger partial charge < -0.3 is 10.1 Å². The normalized spacial score (nSPS) is 21.7. The van der Waals surface area contributed by atoms with Crippen LogP contribution in [0.3, 0.4) is 0 Å². The van der Waals surface area contributed by atoms with Crippen LogP contribution < -0.4 is 10.1 Å². The van der Waals surface area contributed by atoms with E-state index in [1.165, 1.54) is 11.1 Å². The van der Waals surface area contributed by atoms with E-state index in [0.29, 0.717) is 12.1 Å². The minimum absolute atomic E-state index is 0.426. The lowest BCUT2D eigenvalue weighted by Crippen LogP contribution is -2.42. The molecule has 0 amide bonds. The number of ether oxygens (including phenoxy) is 1. The van der Waals surface area contributed by atoms with Crippen LogP contribution in [0.1, 0.15) is 37.9 Å². The Morgan fingerprint density at radius 3 is 2.58 bits per heavy atom. The van der Waals surface area contributed by atoms with E-state index in [1.807, 2.05) is 0 Å². The number of nitrogens with zero attached hydrogens (tertiary/aromatic N) is 1. The number of hydrogen-bond donors (Lipinski definition) is 1. The second-order valence-corrected chi connectivity index (χ2v) is 5.09. The largest absolute Gasteiger partial charge is 0.497 e. The minimum atomic E-state index is 0.426. The highest BCUT2D eigenvalue weighted by Crippen LogP contribution is 2.36. The van der Waals surface area contributed by atoms with Crippen molar-refractivity contribution in [2.45, 2.75) is 39.3 Å². The molecule has 2 atom stereocenters. The molecule has 1 aromatic rings. The number of methoxy groups -OCH3 is 1. The summed E-state index contributed by atoms with van der Waals surface area (Å²) < 4.78 is 5.37. The molecule has 1 aliphatic carbocycles. The topological polar surface area (TPSA) is 24.5 Å². The van der Waals surface area contributed by atoms with E-state index in [1.54, 1.807) is 7.11 Å². The van der Waals surface area contributed by atoms with Gasteiger partial charge in [-0.25, -0.2) is 0 Å². The zero-order chi connectivity index (χ0) is 13.8. The Labute approximate surface area is 116 Å². The van der Waals surface area contributed by atoms with E-state index in [9.17, 15) is 0 Å². The van der Waals surface area contributed by atoms with E-state index in [4.69, 9.17) is 4.74 Å². The van der Waals surface area contributed by atoms with Crippen LogP contribution in [0.15, 0.2) is 18.2 Å². The van der Waals surface area contributed by atoms with Crippen molar-refractivity contribution in [3.63, 3.8) is 0 Å². The fraction of sp³-hybridized carbons (Fsp3) is 0.625. The van der Waals surface area contributed by atoms with Gasteiger partial charge in [-0.1, -0.05) is 26.8 Å². The summed E-state index contributed by atoms with van der Waals surface area (Å²) in [6.45, 7) is 9.88. The maximum atomic E-state index is 5.37. The molecule has 1 aliphatic rings. The third kappa shape index (κ3) is 2.77. The van der Waals surface area contributed by atoms with Gasteiger partial charge in [0.15, 0.2) is 0 Å². The Balaban J connectivity index is 2.31. The van der Waals surface area contributed by atoms with Crippen LogP contribution in [0.2, 0.25) is 0 Å². The lowest BCUT2D eigenvalue weighted by molar-refractivity contribution is 0.184. The van der Waals surface area contributed by atoms with Gasteiger partial charge in [-0.05, 0) is 49.3 Å². The highest BCUT2D eigenvalue weighted by atomic mass is 16.5. The summed E-state index contributed by atoms with van der Waals surface area (Å²) in [5, 5.41) is 3.65. The summed E-state index contributed by atoms with van der Waals surface area (Å²) in [4.78, 5) is 2.56. The van der Waals surface area contributed by atoms with E-state index in [0.717, 1.165) is 31.8 Å². The molecule has 3 nitrogen and oxygen atoms in total. The van der Waals surface area contributed by atoms with Crippen LogP contribution in [-0.2, 0) is 6.42 Å². The molecule has 1 aromatic carbocycles. The first-order chi connectivity index (χ1) is 9.24. The van der Waals surface area contributed by atoms with E-state index >= 15 is 0 Å². The predicted molar refractivity (Wildman–Crippen MR) is 79.8 cm³/mol. The molecule has 0 radical (unpaired) electrons. The van der Waals surface area contributed by atoms with Crippen molar-refractivity contribution < 1.29 is 4.74 Å². The molecule has 2 rings (SSSR count). The molecule has 0 aliphatic heterocycles. The second kappa shape index (κ2) is 6.40. The van der Waals surface area contributed by atoms with Crippen molar-refractivity contribution >= 4 is 0 Å². The Kier molecular flexibility index (Phi) is 4.83. The SMILES string of the molecule is CCNC1c2cc(OC)ccc2CC1N(CC)CC. The van der Waals surface area contributed by atoms with Crippen LogP contribution in [-0.4, -0.2) is 37.7 Å². The predicted octanol–water partition coefficient (Wildman–Crippen LogP) is 2.61. The lowest BCUT2D eigenvalue weighted by atomic mass is 10.1. The highest BCUT2D eigenvalue weighted by molar-refractivity contribution is 5.42. The van der Waals surface area contributed by atoms with E-state index in [-0.39, 0.29) is 0 Å². The molecule has 106 valence electrons. The third-order valence-electron chi connectivity index (χ3n) is 4.21. The molecular weight excluding hydrogens is 236 g/mol. The molecule has 0 saturated heterocycles. The van der Waals surface area contributed by atoms with Crippen LogP contribution in [0.25, 0.3) is 0 Å². The summed E-state index contributed by atoms with van der Waals surface area (Å²) in [6, 6.07) is 7.49. The lowest BCUT2D eigenvalue weighted by Gasteiger charge is -2.31. The molecule has 1 N–H and O–H groups in total. The van der Waals surface area contributed by atoms with E-state index < -0.39 is 0 Å². The molecular formula is C16H26N2O. The van der Waals surface area contributed by atoms with Gasteiger partial charge in [0.1, 0.15) is 5.75 Å². The Morgan fingerprint density at radius 2 is 2.00 bits per heavy atom. The number of nitrogens with one attached hydrogen (secondary N) is 1. The Bertz CT molecular complexity index is 415. The van der Waals surface area contributed by atoms with Crippen LogP contribution >= 0.6 is 0 Å². The second-order valence-electron chi connectivity index (χ2n) is 5.09. The first-order valence-electron chi connectivity index (χ1n) is 7.39. The Morgan fingerprint density at radius 1 is 1.26 bits per heavy atom. The van der Waals surface area contributed by atoms with Gasteiger partial charge in [-0.2, -0.15) is 0 Å². The van der Waals surface area contributed by atoms with Crippen molar-refractivity contribution in [3.05, 3.63) is 29.3 Å². The van der Waals surface area contributed by atoms with Gasteiger partial charge in [0.2, 0.25) is 0 Å². The van der Waals surface area contributed by atoms with Crippen molar-refractivity contribution in [2.75, 3.05) is 26.7 Å². The maximum absolute atomic E-state index is 5.37. The molecule has 19 heavy (non-hydrogen) atoms. The molecule has 0 fully saturated rings. The summed E-state index contributed by atoms with van der Waals surface area (Å²) in [5.74, 6) is 0.960. The number of fused-ring (bicyclic) bond motifs is 1. The summed E-state index contributed by atoms with van der Waals surface area (Å²) >= 11 is 0. The van der Waals surface area contributed by atoms with Crippen molar-refractivity contribution in [1.29, 1.82) is 0 Å². The van der Waals surface area contributed by atoms with Gasteiger partial charge in [-0.15, -0.1) is 0 Å². The van der Waals surface area contributed by atoms with Crippen molar-refractivity contribution in [2.24, 2.45) is 0 Å². The third-order valence-corrected chi connectivity index (χ3v) is 4.21. The van der Waals surface area contributed by atoms with E-state index in [2.05, 4.69) is 49.2 Å². The quantitative estimate of drug-likeness (QED) is 0.853. The molecule has 0 spiro atoms. The average Bonchev–Trinajstić information content (AvgIpc) is 2.79. The first-order valence-corrected chi connectivity index (χ1v) is 7.39. The fourth-order valence-corrected chi connectivity index (χ4v) is 3.22. The molecule has 0 bridgehead atoms. The molecule has 0 saturated carbocycles.